The first-order valence-electron chi connectivity index (χ1n) is 5.50. The standard InChI is InChI=1S/C14H12N2O/c1-2-8-15-14(3-1)12-4-6-13(7-5-12)16-9-10-17-11-16/h1-10H,11H2. The van der Waals surface area contributed by atoms with E-state index >= 15 is 0 Å². The van der Waals surface area contributed by atoms with E-state index in [4.69, 9.17) is 4.74 Å². The Balaban J connectivity index is 1.87. The number of ether oxygens (including phenoxy) is 1. The molecule has 84 valence electrons. The van der Waals surface area contributed by atoms with Crippen LogP contribution in [0.5, 0.6) is 0 Å². The Morgan fingerprint density at radius 1 is 1.06 bits per heavy atom. The number of hydrogen-bond acceptors (Lipinski definition) is 3. The number of aromatic nitrogens is 1. The molecule has 0 bridgehead atoms. The third kappa shape index (κ3) is 1.99. The molecule has 2 heterocycles. The summed E-state index contributed by atoms with van der Waals surface area (Å²) in [5.41, 5.74) is 3.24. The highest BCUT2D eigenvalue weighted by Gasteiger charge is 2.07. The fourth-order valence-electron chi connectivity index (χ4n) is 1.80. The van der Waals surface area contributed by atoms with Crippen LogP contribution in [0.1, 0.15) is 0 Å². The molecule has 0 N–H and O–H groups in total. The van der Waals surface area contributed by atoms with Crippen LogP contribution in [0, 0.1) is 0 Å². The summed E-state index contributed by atoms with van der Waals surface area (Å²) in [7, 11) is 0. The fourth-order valence-corrected chi connectivity index (χ4v) is 1.80. The van der Waals surface area contributed by atoms with Crippen LogP contribution in [-0.4, -0.2) is 11.7 Å². The zero-order valence-electron chi connectivity index (χ0n) is 9.28. The van der Waals surface area contributed by atoms with E-state index in [-0.39, 0.29) is 0 Å². The lowest BCUT2D eigenvalue weighted by Crippen LogP contribution is -2.12. The lowest BCUT2D eigenvalue weighted by atomic mass is 10.1. The molecule has 17 heavy (non-hydrogen) atoms. The Labute approximate surface area is 100.0 Å². The molecule has 1 aliphatic heterocycles. The zero-order chi connectivity index (χ0) is 11.5. The summed E-state index contributed by atoms with van der Waals surface area (Å²) in [6.07, 6.45) is 5.43. The molecule has 3 nitrogen and oxygen atoms in total. The Hall–Kier alpha value is -2.29. The van der Waals surface area contributed by atoms with Gasteiger partial charge in [-0.2, -0.15) is 0 Å². The minimum Gasteiger partial charge on any atom is -0.479 e. The van der Waals surface area contributed by atoms with Gasteiger partial charge in [0.15, 0.2) is 6.73 Å². The quantitative estimate of drug-likeness (QED) is 0.784. The predicted octanol–water partition coefficient (Wildman–Crippen LogP) is 3.01. The van der Waals surface area contributed by atoms with Crippen LogP contribution < -0.4 is 4.90 Å². The van der Waals surface area contributed by atoms with Gasteiger partial charge in [0.2, 0.25) is 0 Å². The second kappa shape index (κ2) is 4.29. The van der Waals surface area contributed by atoms with E-state index in [1.165, 1.54) is 0 Å². The third-order valence-electron chi connectivity index (χ3n) is 2.71. The maximum absolute atomic E-state index is 5.16. The number of rotatable bonds is 2. The van der Waals surface area contributed by atoms with Gasteiger partial charge in [-0.15, -0.1) is 0 Å². The molecule has 0 unspecified atom stereocenters. The van der Waals surface area contributed by atoms with Crippen LogP contribution in [0.4, 0.5) is 5.69 Å². The zero-order valence-corrected chi connectivity index (χ0v) is 9.28. The van der Waals surface area contributed by atoms with Gasteiger partial charge in [0.1, 0.15) is 6.26 Å². The van der Waals surface area contributed by atoms with Crippen molar-refractivity contribution in [2.75, 3.05) is 11.6 Å². The Morgan fingerprint density at radius 2 is 1.94 bits per heavy atom. The Kier molecular flexibility index (Phi) is 2.50. The molecule has 3 heteroatoms. The highest BCUT2D eigenvalue weighted by molar-refractivity contribution is 5.63. The topological polar surface area (TPSA) is 25.4 Å². The number of nitrogens with zero attached hydrogens (tertiary/aromatic N) is 2. The van der Waals surface area contributed by atoms with Crippen LogP contribution in [-0.2, 0) is 4.74 Å². The molecule has 0 atom stereocenters. The molecular formula is C14H12N2O. The van der Waals surface area contributed by atoms with Crippen molar-refractivity contribution in [2.45, 2.75) is 0 Å². The number of hydrogen-bond donors (Lipinski definition) is 0. The molecule has 0 spiro atoms. The highest BCUT2D eigenvalue weighted by atomic mass is 16.5. The first-order valence-corrected chi connectivity index (χ1v) is 5.50. The van der Waals surface area contributed by atoms with Gasteiger partial charge in [0.05, 0.1) is 5.69 Å². The van der Waals surface area contributed by atoms with Crippen molar-refractivity contribution in [3.63, 3.8) is 0 Å². The van der Waals surface area contributed by atoms with E-state index in [9.17, 15) is 0 Å². The van der Waals surface area contributed by atoms with Crippen LogP contribution >= 0.6 is 0 Å². The summed E-state index contributed by atoms with van der Waals surface area (Å²) in [6, 6.07) is 14.2. The minimum absolute atomic E-state index is 0.586. The van der Waals surface area contributed by atoms with Crippen LogP contribution in [0.2, 0.25) is 0 Å². The molecule has 3 rings (SSSR count). The molecule has 0 radical (unpaired) electrons. The molecule has 0 amide bonds. The largest absolute Gasteiger partial charge is 0.479 e. The van der Waals surface area contributed by atoms with Crippen LogP contribution in [0.3, 0.4) is 0 Å². The third-order valence-corrected chi connectivity index (χ3v) is 2.71. The van der Waals surface area contributed by atoms with Gasteiger partial charge in [0, 0.05) is 23.6 Å². The first-order chi connectivity index (χ1) is 8.43. The minimum atomic E-state index is 0.586. The summed E-state index contributed by atoms with van der Waals surface area (Å²) in [5, 5.41) is 0. The average molecular weight is 224 g/mol. The van der Waals surface area contributed by atoms with E-state index < -0.39 is 0 Å². The molecular weight excluding hydrogens is 212 g/mol. The van der Waals surface area contributed by atoms with Crippen LogP contribution in [0.25, 0.3) is 11.3 Å². The second-order valence-corrected chi connectivity index (χ2v) is 3.81. The molecule has 0 aliphatic carbocycles. The van der Waals surface area contributed by atoms with Gasteiger partial charge in [-0.3, -0.25) is 4.98 Å². The number of anilines is 1. The van der Waals surface area contributed by atoms with E-state index in [2.05, 4.69) is 29.2 Å². The summed E-state index contributed by atoms with van der Waals surface area (Å²) in [5.74, 6) is 0. The van der Waals surface area contributed by atoms with E-state index in [1.54, 1.807) is 12.5 Å². The van der Waals surface area contributed by atoms with Gasteiger partial charge in [0.25, 0.3) is 0 Å². The molecule has 1 aromatic carbocycles. The number of pyridine rings is 1. The summed E-state index contributed by atoms with van der Waals surface area (Å²) < 4.78 is 5.16. The SMILES string of the molecule is C1=CN(c2ccc(-c3ccccn3)cc2)CO1. The van der Waals surface area contributed by atoms with Crippen LogP contribution in [0.15, 0.2) is 61.1 Å². The van der Waals surface area contributed by atoms with E-state index in [0.29, 0.717) is 6.73 Å². The second-order valence-electron chi connectivity index (χ2n) is 3.81. The maximum Gasteiger partial charge on any atom is 0.164 e. The Bertz CT molecular complexity index is 520. The van der Waals surface area contributed by atoms with Gasteiger partial charge in [-0.1, -0.05) is 18.2 Å². The molecule has 0 saturated heterocycles. The van der Waals surface area contributed by atoms with E-state index in [0.717, 1.165) is 16.9 Å². The van der Waals surface area contributed by atoms with Crippen molar-refractivity contribution in [3.8, 4) is 11.3 Å². The molecule has 1 aliphatic rings. The van der Waals surface area contributed by atoms with Gasteiger partial charge < -0.3 is 9.64 Å². The van der Waals surface area contributed by atoms with Crippen molar-refractivity contribution in [2.24, 2.45) is 0 Å². The van der Waals surface area contributed by atoms with Crippen molar-refractivity contribution in [3.05, 3.63) is 61.1 Å². The van der Waals surface area contributed by atoms with E-state index in [1.807, 2.05) is 29.3 Å². The van der Waals surface area contributed by atoms with Crippen molar-refractivity contribution >= 4 is 5.69 Å². The van der Waals surface area contributed by atoms with Crippen molar-refractivity contribution in [1.29, 1.82) is 0 Å². The molecule has 1 aromatic heterocycles. The van der Waals surface area contributed by atoms with Crippen molar-refractivity contribution < 1.29 is 4.74 Å². The predicted molar refractivity (Wildman–Crippen MR) is 67.2 cm³/mol. The summed E-state index contributed by atoms with van der Waals surface area (Å²) >= 11 is 0. The lowest BCUT2D eigenvalue weighted by molar-refractivity contribution is 0.282. The molecule has 0 fully saturated rings. The van der Waals surface area contributed by atoms with Gasteiger partial charge >= 0.3 is 0 Å². The first kappa shape index (κ1) is 9.90. The molecule has 2 aromatic rings. The maximum atomic E-state index is 5.16. The Morgan fingerprint density at radius 3 is 2.59 bits per heavy atom. The number of benzene rings is 1. The highest BCUT2D eigenvalue weighted by Crippen LogP contribution is 2.22. The fraction of sp³-hybridized carbons (Fsp3) is 0.0714. The van der Waals surface area contributed by atoms with Crippen molar-refractivity contribution in [1.82, 2.24) is 4.98 Å². The summed E-state index contributed by atoms with van der Waals surface area (Å²) in [6.45, 7) is 0.586. The normalized spacial score (nSPS) is 13.8. The summed E-state index contributed by atoms with van der Waals surface area (Å²) in [4.78, 5) is 6.37. The molecule has 0 saturated carbocycles. The lowest BCUT2D eigenvalue weighted by Gasteiger charge is -2.13. The monoisotopic (exact) mass is 224 g/mol. The smallest absolute Gasteiger partial charge is 0.164 e. The van der Waals surface area contributed by atoms with Gasteiger partial charge in [-0.25, -0.2) is 0 Å². The average Bonchev–Trinajstić information content (AvgIpc) is 2.94. The van der Waals surface area contributed by atoms with Gasteiger partial charge in [-0.05, 0) is 24.3 Å².